The van der Waals surface area contributed by atoms with Crippen LogP contribution in [0.25, 0.3) is 11.0 Å². The van der Waals surface area contributed by atoms with Gasteiger partial charge in [-0.2, -0.15) is 0 Å². The number of nitrogens with zero attached hydrogens (tertiary/aromatic N) is 1. The molecule has 0 spiro atoms. The van der Waals surface area contributed by atoms with Crippen molar-refractivity contribution in [2.45, 2.75) is 12.5 Å². The van der Waals surface area contributed by atoms with Crippen molar-refractivity contribution in [1.82, 2.24) is 4.90 Å². The largest absolute Gasteiger partial charge is 0.451 e. The number of fused-ring (bicyclic) bond motifs is 2. The number of hydrogen-bond donors (Lipinski definition) is 0. The Morgan fingerprint density at radius 3 is 2.81 bits per heavy atom. The Morgan fingerprint density at radius 1 is 1.07 bits per heavy atom. The van der Waals surface area contributed by atoms with Crippen LogP contribution >= 0.6 is 22.7 Å². The summed E-state index contributed by atoms with van der Waals surface area (Å²) in [5.41, 5.74) is 1.42. The summed E-state index contributed by atoms with van der Waals surface area (Å²) in [6, 6.07) is 14.4. The molecule has 5 rings (SSSR count). The van der Waals surface area contributed by atoms with Crippen molar-refractivity contribution in [2.24, 2.45) is 0 Å². The van der Waals surface area contributed by atoms with Crippen molar-refractivity contribution in [3.05, 3.63) is 90.6 Å². The molecule has 0 radical (unpaired) electrons. The first-order valence-corrected chi connectivity index (χ1v) is 10.4. The van der Waals surface area contributed by atoms with E-state index in [1.54, 1.807) is 46.9 Å². The van der Waals surface area contributed by atoms with E-state index in [0.717, 1.165) is 11.3 Å². The zero-order valence-corrected chi connectivity index (χ0v) is 15.9. The molecule has 134 valence electrons. The first-order valence-electron chi connectivity index (χ1n) is 8.66. The molecular weight excluding hydrogens is 378 g/mol. The number of para-hydroxylation sites is 1. The summed E-state index contributed by atoms with van der Waals surface area (Å²) in [6.07, 6.45) is 0.818. The SMILES string of the molecule is O=C(c1cc(=O)c2ccccc2o1)N1CCc2sccc2[C@@H]1c1cccs1. The van der Waals surface area contributed by atoms with Crippen molar-refractivity contribution in [3.8, 4) is 0 Å². The molecule has 27 heavy (non-hydrogen) atoms. The summed E-state index contributed by atoms with van der Waals surface area (Å²) in [5.74, 6) is -0.146. The van der Waals surface area contributed by atoms with Gasteiger partial charge >= 0.3 is 0 Å². The van der Waals surface area contributed by atoms with E-state index in [1.165, 1.54) is 16.5 Å². The number of benzene rings is 1. The molecule has 1 atom stereocenters. The van der Waals surface area contributed by atoms with E-state index in [4.69, 9.17) is 4.42 Å². The van der Waals surface area contributed by atoms with Crippen LogP contribution in [0, 0.1) is 0 Å². The van der Waals surface area contributed by atoms with E-state index in [1.807, 2.05) is 16.3 Å². The van der Waals surface area contributed by atoms with Gasteiger partial charge in [-0.05, 0) is 47.0 Å². The van der Waals surface area contributed by atoms with Crippen LogP contribution in [0.4, 0.5) is 0 Å². The van der Waals surface area contributed by atoms with Crippen LogP contribution in [0.15, 0.2) is 68.5 Å². The van der Waals surface area contributed by atoms with E-state index < -0.39 is 0 Å². The Labute approximate surface area is 163 Å². The molecule has 1 aliphatic heterocycles. The maximum absolute atomic E-state index is 13.3. The molecule has 0 bridgehead atoms. The maximum atomic E-state index is 13.3. The summed E-state index contributed by atoms with van der Waals surface area (Å²) >= 11 is 3.37. The molecule has 0 saturated carbocycles. The summed E-state index contributed by atoms with van der Waals surface area (Å²) in [4.78, 5) is 30.0. The number of carbonyl (C=O) groups excluding carboxylic acids is 1. The minimum Gasteiger partial charge on any atom is -0.451 e. The Morgan fingerprint density at radius 2 is 1.96 bits per heavy atom. The molecule has 1 amide bonds. The van der Waals surface area contributed by atoms with Gasteiger partial charge in [-0.3, -0.25) is 9.59 Å². The zero-order chi connectivity index (χ0) is 18.4. The van der Waals surface area contributed by atoms with E-state index in [0.29, 0.717) is 17.5 Å². The van der Waals surface area contributed by atoms with Gasteiger partial charge in [-0.1, -0.05) is 18.2 Å². The molecule has 0 aliphatic carbocycles. The molecule has 0 saturated heterocycles. The maximum Gasteiger partial charge on any atom is 0.290 e. The van der Waals surface area contributed by atoms with Gasteiger partial charge in [0.05, 0.1) is 11.4 Å². The number of amides is 1. The predicted molar refractivity (Wildman–Crippen MR) is 108 cm³/mol. The van der Waals surface area contributed by atoms with Crippen molar-refractivity contribution < 1.29 is 9.21 Å². The Kier molecular flexibility index (Phi) is 3.95. The van der Waals surface area contributed by atoms with Gasteiger partial charge in [-0.15, -0.1) is 22.7 Å². The average Bonchev–Trinajstić information content (AvgIpc) is 3.38. The van der Waals surface area contributed by atoms with Gasteiger partial charge in [0.15, 0.2) is 11.2 Å². The lowest BCUT2D eigenvalue weighted by Gasteiger charge is -2.35. The molecule has 1 aliphatic rings. The van der Waals surface area contributed by atoms with E-state index in [9.17, 15) is 9.59 Å². The Bertz CT molecular complexity index is 1190. The fraction of sp³-hybridized carbons (Fsp3) is 0.143. The first-order chi connectivity index (χ1) is 13.2. The molecule has 3 aromatic heterocycles. The minimum atomic E-state index is -0.242. The first kappa shape index (κ1) is 16.5. The highest BCUT2D eigenvalue weighted by molar-refractivity contribution is 7.10. The Hall–Kier alpha value is -2.70. The molecule has 4 nitrogen and oxygen atoms in total. The van der Waals surface area contributed by atoms with Gasteiger partial charge in [0.25, 0.3) is 5.91 Å². The number of rotatable bonds is 2. The van der Waals surface area contributed by atoms with Crippen molar-refractivity contribution in [3.63, 3.8) is 0 Å². The summed E-state index contributed by atoms with van der Waals surface area (Å²) < 4.78 is 5.81. The third-order valence-corrected chi connectivity index (χ3v) is 6.81. The summed E-state index contributed by atoms with van der Waals surface area (Å²) in [7, 11) is 0. The number of hydrogen-bond acceptors (Lipinski definition) is 5. The minimum absolute atomic E-state index is 0.0962. The van der Waals surface area contributed by atoms with Gasteiger partial charge in [0.2, 0.25) is 0 Å². The van der Waals surface area contributed by atoms with Crippen LogP contribution in [-0.4, -0.2) is 17.4 Å². The molecule has 1 aromatic carbocycles. The average molecular weight is 393 g/mol. The summed E-state index contributed by atoms with van der Waals surface area (Å²) in [6.45, 7) is 0.603. The van der Waals surface area contributed by atoms with Crippen LogP contribution in [-0.2, 0) is 6.42 Å². The molecular formula is C21H15NO3S2. The van der Waals surface area contributed by atoms with Crippen molar-refractivity contribution in [2.75, 3.05) is 6.54 Å². The lowest BCUT2D eigenvalue weighted by atomic mass is 9.98. The van der Waals surface area contributed by atoms with Gasteiger partial charge in [0.1, 0.15) is 5.58 Å². The smallest absolute Gasteiger partial charge is 0.290 e. The van der Waals surface area contributed by atoms with Crippen LogP contribution in [0.2, 0.25) is 0 Å². The van der Waals surface area contributed by atoms with Crippen LogP contribution in [0.3, 0.4) is 0 Å². The normalized spacial score (nSPS) is 16.4. The fourth-order valence-electron chi connectivity index (χ4n) is 3.64. The Balaban J connectivity index is 1.61. The highest BCUT2D eigenvalue weighted by Gasteiger charge is 2.35. The van der Waals surface area contributed by atoms with Gasteiger partial charge in [-0.25, -0.2) is 0 Å². The molecule has 0 unspecified atom stereocenters. The molecule has 4 aromatic rings. The van der Waals surface area contributed by atoms with Crippen molar-refractivity contribution >= 4 is 39.5 Å². The number of thiophene rings is 2. The summed E-state index contributed by atoms with van der Waals surface area (Å²) in [5, 5.41) is 4.59. The lowest BCUT2D eigenvalue weighted by Crippen LogP contribution is -2.40. The van der Waals surface area contributed by atoms with Gasteiger partial charge < -0.3 is 9.32 Å². The van der Waals surface area contributed by atoms with E-state index in [2.05, 4.69) is 17.5 Å². The standard InChI is InChI=1S/C21H15NO3S2/c23-15-12-17(25-16-5-2-1-4-13(15)16)21(24)22-9-7-18-14(8-11-27-18)20(22)19-6-3-10-26-19/h1-6,8,10-12,20H,7,9H2/t20-/m1/s1. The molecule has 4 heterocycles. The highest BCUT2D eigenvalue weighted by Crippen LogP contribution is 2.40. The monoisotopic (exact) mass is 393 g/mol. The highest BCUT2D eigenvalue weighted by atomic mass is 32.1. The fourth-order valence-corrected chi connectivity index (χ4v) is 5.40. The topological polar surface area (TPSA) is 50.5 Å². The molecule has 0 N–H and O–H groups in total. The van der Waals surface area contributed by atoms with E-state index in [-0.39, 0.29) is 23.1 Å². The third-order valence-electron chi connectivity index (χ3n) is 4.88. The molecule has 0 fully saturated rings. The van der Waals surface area contributed by atoms with E-state index >= 15 is 0 Å². The second-order valence-electron chi connectivity index (χ2n) is 6.44. The predicted octanol–water partition coefficient (Wildman–Crippen LogP) is 4.70. The lowest BCUT2D eigenvalue weighted by molar-refractivity contribution is 0.0666. The zero-order valence-electron chi connectivity index (χ0n) is 14.3. The van der Waals surface area contributed by atoms with Crippen LogP contribution in [0.5, 0.6) is 0 Å². The van der Waals surface area contributed by atoms with Gasteiger partial charge in [0, 0.05) is 22.4 Å². The van der Waals surface area contributed by atoms with Crippen molar-refractivity contribution in [1.29, 1.82) is 0 Å². The third kappa shape index (κ3) is 2.72. The second kappa shape index (κ2) is 6.48. The number of carbonyl (C=O) groups is 1. The van der Waals surface area contributed by atoms with Crippen LogP contribution < -0.4 is 5.43 Å². The quantitative estimate of drug-likeness (QED) is 0.496. The van der Waals surface area contributed by atoms with Crippen LogP contribution in [0.1, 0.15) is 31.9 Å². The second-order valence-corrected chi connectivity index (χ2v) is 8.42. The molecule has 6 heteroatoms.